The number of aromatic nitrogens is 1. The van der Waals surface area contributed by atoms with Gasteiger partial charge in [-0.2, -0.15) is 0 Å². The van der Waals surface area contributed by atoms with Gasteiger partial charge in [0.15, 0.2) is 0 Å². The highest BCUT2D eigenvalue weighted by Gasteiger charge is 2.44. The van der Waals surface area contributed by atoms with Crippen LogP contribution in [0.1, 0.15) is 42.5 Å². The van der Waals surface area contributed by atoms with Crippen LogP contribution in [-0.2, 0) is 9.59 Å². The van der Waals surface area contributed by atoms with Crippen molar-refractivity contribution in [2.45, 2.75) is 44.2 Å². The van der Waals surface area contributed by atoms with Crippen LogP contribution in [0, 0.1) is 6.92 Å². The lowest BCUT2D eigenvalue weighted by molar-refractivity contribution is -0.142. The molecule has 1 saturated carbocycles. The lowest BCUT2D eigenvalue weighted by atomic mass is 10.1. The second-order valence-electron chi connectivity index (χ2n) is 8.31. The maximum absolute atomic E-state index is 13.4. The molecule has 0 spiro atoms. The summed E-state index contributed by atoms with van der Waals surface area (Å²) in [6, 6.07) is 6.20. The largest absolute Gasteiger partial charge is 0.335 e. The summed E-state index contributed by atoms with van der Waals surface area (Å²) in [6.07, 6.45) is 4.53. The second kappa shape index (κ2) is 6.38. The summed E-state index contributed by atoms with van der Waals surface area (Å²) in [5.41, 5.74) is 3.54. The molecule has 2 aromatic rings. The number of rotatable bonds is 4. The van der Waals surface area contributed by atoms with Gasteiger partial charge < -0.3 is 14.4 Å². The summed E-state index contributed by atoms with van der Waals surface area (Å²) in [5, 5.41) is 1.87. The van der Waals surface area contributed by atoms with Crippen molar-refractivity contribution in [2.24, 2.45) is 0 Å². The summed E-state index contributed by atoms with van der Waals surface area (Å²) >= 11 is 6.29. The Balaban J connectivity index is 1.46. The monoisotopic (exact) mass is 397 g/mol. The standard InChI is InChI=1S/C22H24ClN3O2/c1-3-20(27)24-11-17(12-24)25-7-6-18(22(25)28)26-19(14-4-5-14)10-15-9-16(23)8-13(2)21(15)26/h3,8-10,14,17-18H,1,4-7,11-12H2,2H3. The number of halogens is 1. The molecule has 5 nitrogen and oxygen atoms in total. The van der Waals surface area contributed by atoms with Crippen molar-refractivity contribution in [2.75, 3.05) is 19.6 Å². The van der Waals surface area contributed by atoms with E-state index in [0.717, 1.165) is 34.5 Å². The van der Waals surface area contributed by atoms with E-state index in [1.807, 2.05) is 17.0 Å². The smallest absolute Gasteiger partial charge is 0.246 e. The minimum Gasteiger partial charge on any atom is -0.335 e. The van der Waals surface area contributed by atoms with Gasteiger partial charge in [0.1, 0.15) is 6.04 Å². The maximum atomic E-state index is 13.4. The number of benzene rings is 1. The van der Waals surface area contributed by atoms with Gasteiger partial charge in [0.05, 0.1) is 11.6 Å². The minimum atomic E-state index is -0.155. The van der Waals surface area contributed by atoms with E-state index in [4.69, 9.17) is 11.6 Å². The van der Waals surface area contributed by atoms with Crippen molar-refractivity contribution >= 4 is 34.3 Å². The van der Waals surface area contributed by atoms with Crippen molar-refractivity contribution in [3.8, 4) is 0 Å². The number of hydrogen-bond donors (Lipinski definition) is 0. The van der Waals surface area contributed by atoms with E-state index < -0.39 is 0 Å². The Bertz CT molecular complexity index is 1000. The molecule has 28 heavy (non-hydrogen) atoms. The molecule has 3 fully saturated rings. The van der Waals surface area contributed by atoms with Gasteiger partial charge in [-0.1, -0.05) is 18.2 Å². The van der Waals surface area contributed by atoms with Gasteiger partial charge >= 0.3 is 0 Å². The zero-order valence-electron chi connectivity index (χ0n) is 16.0. The predicted molar refractivity (Wildman–Crippen MR) is 110 cm³/mol. The molecule has 5 rings (SSSR count). The molecule has 1 unspecified atom stereocenters. The van der Waals surface area contributed by atoms with Crippen LogP contribution in [0.25, 0.3) is 10.9 Å². The molecular formula is C22H24ClN3O2. The van der Waals surface area contributed by atoms with Gasteiger partial charge in [0.2, 0.25) is 11.8 Å². The third-order valence-corrected chi connectivity index (χ3v) is 6.64. The molecule has 146 valence electrons. The van der Waals surface area contributed by atoms with Crippen LogP contribution in [-0.4, -0.2) is 51.9 Å². The fourth-order valence-corrected chi connectivity index (χ4v) is 5.12. The van der Waals surface area contributed by atoms with Crippen molar-refractivity contribution in [1.29, 1.82) is 0 Å². The molecule has 6 heteroatoms. The van der Waals surface area contributed by atoms with E-state index in [1.54, 1.807) is 4.90 Å². The number of likely N-dealkylation sites (tertiary alicyclic amines) is 2. The number of carbonyl (C=O) groups excluding carboxylic acids is 2. The van der Waals surface area contributed by atoms with Gasteiger partial charge in [-0.3, -0.25) is 9.59 Å². The SMILES string of the molecule is C=CC(=O)N1CC(N2CCC(n3c(C4CC4)cc4cc(Cl)cc(C)c43)C2=O)C1. The Hall–Kier alpha value is -2.27. The fraction of sp³-hybridized carbons (Fsp3) is 0.455. The van der Waals surface area contributed by atoms with E-state index in [-0.39, 0.29) is 23.9 Å². The lowest BCUT2D eigenvalue weighted by Gasteiger charge is -2.43. The van der Waals surface area contributed by atoms with Crippen LogP contribution in [0.2, 0.25) is 5.02 Å². The summed E-state index contributed by atoms with van der Waals surface area (Å²) in [5.74, 6) is 0.681. The minimum absolute atomic E-state index is 0.0561. The van der Waals surface area contributed by atoms with Gasteiger partial charge in [-0.15, -0.1) is 0 Å². The summed E-state index contributed by atoms with van der Waals surface area (Å²) in [6.45, 7) is 7.58. The van der Waals surface area contributed by atoms with Crippen LogP contribution < -0.4 is 0 Å². The molecule has 2 aliphatic heterocycles. The number of aryl methyl sites for hydroxylation is 1. The molecule has 0 radical (unpaired) electrons. The van der Waals surface area contributed by atoms with Gasteiger partial charge in [-0.05, 0) is 61.9 Å². The fourth-order valence-electron chi connectivity index (χ4n) is 4.84. The Morgan fingerprint density at radius 2 is 1.96 bits per heavy atom. The quantitative estimate of drug-likeness (QED) is 0.739. The molecule has 3 aliphatic rings. The maximum Gasteiger partial charge on any atom is 0.246 e. The molecule has 1 atom stereocenters. The predicted octanol–water partition coefficient (Wildman–Crippen LogP) is 3.65. The number of nitrogens with zero attached hydrogens (tertiary/aromatic N) is 3. The normalized spacial score (nSPS) is 22.8. The number of carbonyl (C=O) groups is 2. The topological polar surface area (TPSA) is 45.6 Å². The Kier molecular flexibility index (Phi) is 4.05. The van der Waals surface area contributed by atoms with Crippen LogP contribution in [0.3, 0.4) is 0 Å². The van der Waals surface area contributed by atoms with Crippen LogP contribution in [0.5, 0.6) is 0 Å². The second-order valence-corrected chi connectivity index (χ2v) is 8.75. The lowest BCUT2D eigenvalue weighted by Crippen LogP contribution is -2.61. The zero-order chi connectivity index (χ0) is 19.6. The Labute approximate surface area is 169 Å². The summed E-state index contributed by atoms with van der Waals surface area (Å²) in [7, 11) is 0. The molecule has 1 aromatic heterocycles. The van der Waals surface area contributed by atoms with Crippen molar-refractivity contribution in [3.05, 3.63) is 47.1 Å². The molecule has 0 N–H and O–H groups in total. The van der Waals surface area contributed by atoms with Gasteiger partial charge in [0, 0.05) is 35.7 Å². The van der Waals surface area contributed by atoms with E-state index in [0.29, 0.717) is 19.0 Å². The first-order valence-corrected chi connectivity index (χ1v) is 10.4. The first kappa shape index (κ1) is 17.8. The average Bonchev–Trinajstić information content (AvgIpc) is 3.30. The third-order valence-electron chi connectivity index (χ3n) is 6.43. The van der Waals surface area contributed by atoms with E-state index >= 15 is 0 Å². The van der Waals surface area contributed by atoms with Gasteiger partial charge in [-0.25, -0.2) is 0 Å². The highest BCUT2D eigenvalue weighted by molar-refractivity contribution is 6.31. The highest BCUT2D eigenvalue weighted by atomic mass is 35.5. The van der Waals surface area contributed by atoms with E-state index in [2.05, 4.69) is 24.1 Å². The Morgan fingerprint density at radius 1 is 1.21 bits per heavy atom. The van der Waals surface area contributed by atoms with Gasteiger partial charge in [0.25, 0.3) is 0 Å². The Morgan fingerprint density at radius 3 is 2.64 bits per heavy atom. The van der Waals surface area contributed by atoms with Crippen molar-refractivity contribution in [1.82, 2.24) is 14.4 Å². The highest BCUT2D eigenvalue weighted by Crippen LogP contribution is 2.46. The number of hydrogen-bond acceptors (Lipinski definition) is 2. The molecule has 0 bridgehead atoms. The molecular weight excluding hydrogens is 374 g/mol. The van der Waals surface area contributed by atoms with E-state index in [9.17, 15) is 9.59 Å². The molecule has 2 amide bonds. The van der Waals surface area contributed by atoms with Crippen molar-refractivity contribution in [3.63, 3.8) is 0 Å². The average molecular weight is 398 g/mol. The molecule has 1 aliphatic carbocycles. The molecule has 3 heterocycles. The summed E-state index contributed by atoms with van der Waals surface area (Å²) < 4.78 is 2.30. The molecule has 2 saturated heterocycles. The van der Waals surface area contributed by atoms with Crippen LogP contribution in [0.15, 0.2) is 30.9 Å². The first-order valence-electron chi connectivity index (χ1n) is 10.0. The van der Waals surface area contributed by atoms with Crippen LogP contribution in [0.4, 0.5) is 0 Å². The number of fused-ring (bicyclic) bond motifs is 1. The number of amides is 2. The van der Waals surface area contributed by atoms with Crippen molar-refractivity contribution < 1.29 is 9.59 Å². The first-order chi connectivity index (χ1) is 13.5. The van der Waals surface area contributed by atoms with E-state index in [1.165, 1.54) is 24.6 Å². The van der Waals surface area contributed by atoms with Crippen LogP contribution >= 0.6 is 11.6 Å². The summed E-state index contributed by atoms with van der Waals surface area (Å²) in [4.78, 5) is 28.8. The zero-order valence-corrected chi connectivity index (χ0v) is 16.8. The molecule has 1 aromatic carbocycles. The third kappa shape index (κ3) is 2.67.